The van der Waals surface area contributed by atoms with Crippen molar-refractivity contribution in [3.8, 4) is 16.9 Å². The van der Waals surface area contributed by atoms with E-state index < -0.39 is 11.6 Å². The summed E-state index contributed by atoms with van der Waals surface area (Å²) in [6.07, 6.45) is -1.93. The number of hydrogen-bond donors (Lipinski definition) is 0. The first-order chi connectivity index (χ1) is 10.3. The van der Waals surface area contributed by atoms with Gasteiger partial charge in [-0.15, -0.1) is 13.2 Å². The van der Waals surface area contributed by atoms with E-state index in [4.69, 9.17) is 11.6 Å². The molecular weight excluding hydrogens is 317 g/mol. The Morgan fingerprint density at radius 3 is 2.32 bits per heavy atom. The molecule has 0 aromatic heterocycles. The second kappa shape index (κ2) is 6.66. The zero-order chi connectivity index (χ0) is 16.2. The van der Waals surface area contributed by atoms with E-state index in [-0.39, 0.29) is 5.75 Å². The predicted octanol–water partition coefficient (Wildman–Crippen LogP) is 5.03. The highest BCUT2D eigenvalue weighted by Crippen LogP contribution is 2.27. The van der Waals surface area contributed by atoms with Crippen molar-refractivity contribution in [3.05, 3.63) is 60.2 Å². The lowest BCUT2D eigenvalue weighted by Gasteiger charge is -2.09. The zero-order valence-corrected chi connectivity index (χ0v) is 11.9. The van der Waals surface area contributed by atoms with Crippen LogP contribution in [0, 0.1) is 0 Å². The molecule has 0 amide bonds. The number of rotatable bonds is 4. The van der Waals surface area contributed by atoms with Crippen molar-refractivity contribution in [1.29, 1.82) is 0 Å². The third kappa shape index (κ3) is 4.93. The highest BCUT2D eigenvalue weighted by Gasteiger charge is 2.30. The van der Waals surface area contributed by atoms with Gasteiger partial charge in [0.2, 0.25) is 5.24 Å². The summed E-state index contributed by atoms with van der Waals surface area (Å²) in [5.41, 5.74) is 2.27. The van der Waals surface area contributed by atoms with Crippen molar-refractivity contribution in [1.82, 2.24) is 0 Å². The lowest BCUT2D eigenvalue weighted by Crippen LogP contribution is -2.16. The molecule has 0 N–H and O–H groups in total. The van der Waals surface area contributed by atoms with Crippen LogP contribution in [0.4, 0.5) is 13.2 Å². The summed E-state index contributed by atoms with van der Waals surface area (Å²) < 4.78 is 40.1. The number of alkyl halides is 3. The fourth-order valence-electron chi connectivity index (χ4n) is 1.83. The standard InChI is InChI=1S/C16H10ClF3O2/c17-15(21)9-4-11-2-1-3-13(10-11)12-5-7-14(8-6-12)22-16(18,19)20/h1-10H/b9-4+. The van der Waals surface area contributed by atoms with Gasteiger partial charge in [0.25, 0.3) is 0 Å². The third-order valence-corrected chi connectivity index (χ3v) is 2.84. The van der Waals surface area contributed by atoms with Crippen LogP contribution in [0.15, 0.2) is 54.6 Å². The normalized spacial score (nSPS) is 11.6. The lowest BCUT2D eigenvalue weighted by atomic mass is 10.0. The van der Waals surface area contributed by atoms with Crippen LogP contribution < -0.4 is 4.74 Å². The molecule has 2 aromatic rings. The fourth-order valence-corrected chi connectivity index (χ4v) is 1.90. The fraction of sp³-hybridized carbons (Fsp3) is 0.0625. The molecule has 0 aliphatic rings. The molecule has 0 spiro atoms. The average molecular weight is 327 g/mol. The second-order valence-corrected chi connectivity index (χ2v) is 4.71. The van der Waals surface area contributed by atoms with Gasteiger partial charge in [-0.2, -0.15) is 0 Å². The molecule has 0 fully saturated rings. The van der Waals surface area contributed by atoms with Gasteiger partial charge in [-0.3, -0.25) is 4.79 Å². The van der Waals surface area contributed by atoms with Crippen LogP contribution in [0.1, 0.15) is 5.56 Å². The van der Waals surface area contributed by atoms with Crippen molar-refractivity contribution in [2.75, 3.05) is 0 Å². The molecular formula is C16H10ClF3O2. The predicted molar refractivity (Wildman–Crippen MR) is 78.5 cm³/mol. The van der Waals surface area contributed by atoms with E-state index in [1.54, 1.807) is 30.3 Å². The topological polar surface area (TPSA) is 26.3 Å². The molecule has 0 radical (unpaired) electrons. The Bertz CT molecular complexity index is 691. The van der Waals surface area contributed by atoms with Crippen LogP contribution in [0.2, 0.25) is 0 Å². The molecule has 0 unspecified atom stereocenters. The van der Waals surface area contributed by atoms with Gasteiger partial charge >= 0.3 is 6.36 Å². The van der Waals surface area contributed by atoms with Crippen molar-refractivity contribution in [3.63, 3.8) is 0 Å². The molecule has 0 bridgehead atoms. The molecule has 22 heavy (non-hydrogen) atoms. The third-order valence-electron chi connectivity index (χ3n) is 2.71. The number of carbonyl (C=O) groups excluding carboxylic acids is 1. The number of allylic oxidation sites excluding steroid dienone is 1. The number of halogens is 4. The minimum absolute atomic E-state index is 0.278. The number of carbonyl (C=O) groups is 1. The number of hydrogen-bond acceptors (Lipinski definition) is 2. The SMILES string of the molecule is O=C(Cl)/C=C/c1cccc(-c2ccc(OC(F)(F)F)cc2)c1. The van der Waals surface area contributed by atoms with Gasteiger partial charge in [0.1, 0.15) is 5.75 Å². The summed E-state index contributed by atoms with van der Waals surface area (Å²) in [5.74, 6) is -0.278. The van der Waals surface area contributed by atoms with Crippen LogP contribution in [0.3, 0.4) is 0 Å². The van der Waals surface area contributed by atoms with Gasteiger partial charge in [-0.1, -0.05) is 36.4 Å². The van der Waals surface area contributed by atoms with E-state index in [2.05, 4.69) is 4.74 Å². The second-order valence-electron chi connectivity index (χ2n) is 4.34. The first-order valence-electron chi connectivity index (χ1n) is 6.17. The lowest BCUT2D eigenvalue weighted by molar-refractivity contribution is -0.274. The largest absolute Gasteiger partial charge is 0.573 e. The summed E-state index contributed by atoms with van der Waals surface area (Å²) in [7, 11) is 0. The minimum atomic E-state index is -4.71. The molecule has 6 heteroatoms. The molecule has 2 aromatic carbocycles. The molecule has 0 aliphatic heterocycles. The Balaban J connectivity index is 2.21. The van der Waals surface area contributed by atoms with Crippen molar-refractivity contribution >= 4 is 22.9 Å². The summed E-state index contributed by atoms with van der Waals surface area (Å²) in [6, 6.07) is 12.7. The summed E-state index contributed by atoms with van der Waals surface area (Å²) in [6.45, 7) is 0. The Labute approximate surface area is 129 Å². The molecule has 0 saturated heterocycles. The van der Waals surface area contributed by atoms with E-state index in [0.29, 0.717) is 0 Å². The maximum absolute atomic E-state index is 12.1. The van der Waals surface area contributed by atoms with Gasteiger partial charge in [0.05, 0.1) is 0 Å². The molecule has 2 rings (SSSR count). The van der Waals surface area contributed by atoms with Crippen molar-refractivity contribution in [2.24, 2.45) is 0 Å². The Hall–Kier alpha value is -2.27. The first-order valence-corrected chi connectivity index (χ1v) is 6.55. The van der Waals surface area contributed by atoms with Gasteiger partial charge in [-0.25, -0.2) is 0 Å². The summed E-state index contributed by atoms with van der Waals surface area (Å²) in [5, 5.41) is -0.584. The Morgan fingerprint density at radius 2 is 1.73 bits per heavy atom. The Kier molecular flexibility index (Phi) is 4.88. The number of benzene rings is 2. The van der Waals surface area contributed by atoms with E-state index in [1.807, 2.05) is 0 Å². The molecule has 0 heterocycles. The van der Waals surface area contributed by atoms with Crippen molar-refractivity contribution in [2.45, 2.75) is 6.36 Å². The van der Waals surface area contributed by atoms with E-state index in [9.17, 15) is 18.0 Å². The van der Waals surface area contributed by atoms with Crippen LogP contribution in [0.5, 0.6) is 5.75 Å². The van der Waals surface area contributed by atoms with Crippen LogP contribution >= 0.6 is 11.6 Å². The van der Waals surface area contributed by atoms with Gasteiger partial charge in [0.15, 0.2) is 0 Å². The monoisotopic (exact) mass is 326 g/mol. The smallest absolute Gasteiger partial charge is 0.406 e. The van der Waals surface area contributed by atoms with Crippen LogP contribution in [-0.4, -0.2) is 11.6 Å². The molecule has 114 valence electrons. The van der Waals surface area contributed by atoms with Crippen LogP contribution in [-0.2, 0) is 4.79 Å². The summed E-state index contributed by atoms with van der Waals surface area (Å²) in [4.78, 5) is 10.7. The van der Waals surface area contributed by atoms with E-state index >= 15 is 0 Å². The summed E-state index contributed by atoms with van der Waals surface area (Å²) >= 11 is 5.22. The highest BCUT2D eigenvalue weighted by molar-refractivity contribution is 6.66. The zero-order valence-electron chi connectivity index (χ0n) is 11.1. The maximum Gasteiger partial charge on any atom is 0.573 e. The van der Waals surface area contributed by atoms with Crippen molar-refractivity contribution < 1.29 is 22.7 Å². The molecule has 0 aliphatic carbocycles. The molecule has 2 nitrogen and oxygen atoms in total. The first kappa shape index (κ1) is 16.1. The van der Waals surface area contributed by atoms with Gasteiger partial charge in [-0.05, 0) is 52.6 Å². The highest BCUT2D eigenvalue weighted by atomic mass is 35.5. The number of ether oxygens (including phenoxy) is 1. The minimum Gasteiger partial charge on any atom is -0.406 e. The van der Waals surface area contributed by atoms with E-state index in [0.717, 1.165) is 16.7 Å². The average Bonchev–Trinajstić information content (AvgIpc) is 2.44. The quantitative estimate of drug-likeness (QED) is 0.582. The molecule has 0 atom stereocenters. The van der Waals surface area contributed by atoms with Crippen LogP contribution in [0.25, 0.3) is 17.2 Å². The Morgan fingerprint density at radius 1 is 1.05 bits per heavy atom. The van der Waals surface area contributed by atoms with E-state index in [1.165, 1.54) is 30.3 Å². The molecule has 0 saturated carbocycles. The maximum atomic E-state index is 12.1. The van der Waals surface area contributed by atoms with Gasteiger partial charge in [0, 0.05) is 0 Å². The van der Waals surface area contributed by atoms with Gasteiger partial charge < -0.3 is 4.74 Å².